The van der Waals surface area contributed by atoms with Gasteiger partial charge in [-0.05, 0) is 11.0 Å². The molecule has 0 aromatic heterocycles. The van der Waals surface area contributed by atoms with Gasteiger partial charge in [-0.15, -0.1) is 0 Å². The van der Waals surface area contributed by atoms with Crippen molar-refractivity contribution in [3.63, 3.8) is 0 Å². The minimum absolute atomic E-state index is 0. The summed E-state index contributed by atoms with van der Waals surface area (Å²) in [5.41, 5.74) is 23.5. The predicted molar refractivity (Wildman–Crippen MR) is 92.4 cm³/mol. The monoisotopic (exact) mass is 362 g/mol. The molecular weight excluding hydrogens is 350 g/mol. The third-order valence-electron chi connectivity index (χ3n) is 2.56. The van der Waals surface area contributed by atoms with Gasteiger partial charge >= 0.3 is 36.7 Å². The van der Waals surface area contributed by atoms with Crippen LogP contribution in [-0.2, 0) is 0 Å². The van der Waals surface area contributed by atoms with Gasteiger partial charge in [-0.2, -0.15) is 0 Å². The molecule has 0 heterocycles. The van der Waals surface area contributed by atoms with Gasteiger partial charge in [0.2, 0.25) is 0 Å². The maximum absolute atomic E-state index is 10.2. The SMILES string of the molecule is O=Cc1ccc(B(O)O)cc1.[N-]=[N+]=Nc1ccc(C=O)cc1.[N-]=[N+]=[N-].[Na+]. The van der Waals surface area contributed by atoms with Crippen molar-refractivity contribution in [1.29, 1.82) is 0 Å². The molecule has 0 radical (unpaired) electrons. The second kappa shape index (κ2) is 15.9. The molecule has 0 saturated heterocycles. The average molecular weight is 362 g/mol. The zero-order valence-corrected chi connectivity index (χ0v) is 15.7. The third kappa shape index (κ3) is 11.0. The maximum atomic E-state index is 10.2. The molecule has 2 rings (SSSR count). The van der Waals surface area contributed by atoms with Crippen LogP contribution in [0.5, 0.6) is 0 Å². The molecule has 2 N–H and O–H groups in total. The van der Waals surface area contributed by atoms with Gasteiger partial charge in [0, 0.05) is 21.7 Å². The molecule has 10 nitrogen and oxygen atoms in total. The van der Waals surface area contributed by atoms with Crippen LogP contribution < -0.4 is 35.0 Å². The quantitative estimate of drug-likeness (QED) is 0.244. The zero-order valence-electron chi connectivity index (χ0n) is 13.7. The third-order valence-corrected chi connectivity index (χ3v) is 2.56. The molecule has 0 unspecified atom stereocenters. The number of carbonyl (C=O) groups excluding carboxylic acids is 2. The molecule has 2 aromatic rings. The van der Waals surface area contributed by atoms with Crippen molar-refractivity contribution >= 4 is 30.8 Å². The fourth-order valence-electron chi connectivity index (χ4n) is 1.42. The van der Waals surface area contributed by atoms with Gasteiger partial charge in [0.25, 0.3) is 0 Å². The van der Waals surface area contributed by atoms with Gasteiger partial charge in [0.15, 0.2) is 0 Å². The van der Waals surface area contributed by atoms with Gasteiger partial charge in [-0.1, -0.05) is 53.6 Å². The van der Waals surface area contributed by atoms with E-state index < -0.39 is 7.12 Å². The number of hydrogen-bond donors (Lipinski definition) is 2. The largest absolute Gasteiger partial charge is 1.00 e. The number of aldehydes is 2. The number of rotatable bonds is 4. The van der Waals surface area contributed by atoms with Crippen LogP contribution in [0.1, 0.15) is 20.7 Å². The Hall–Kier alpha value is -2.62. The Morgan fingerprint density at radius 3 is 1.54 bits per heavy atom. The fraction of sp³-hybridized carbons (Fsp3) is 0. The minimum Gasteiger partial charge on any atom is -0.423 e. The standard InChI is InChI=1S/C7H7BO3.C7H5N3O.N3.Na/c9-5-6-1-3-7(4-2-6)8(10)11;8-10-9-7-3-1-6(5-11)2-4-7;1-3-2;/h1-5,10-11H;1-5H;;/q;;-1;+1. The zero-order chi connectivity index (χ0) is 19.1. The molecule has 0 aliphatic rings. The molecule has 26 heavy (non-hydrogen) atoms. The van der Waals surface area contributed by atoms with Crippen LogP contribution in [0.4, 0.5) is 5.69 Å². The molecule has 0 aliphatic heterocycles. The van der Waals surface area contributed by atoms with Crippen molar-refractivity contribution in [2.75, 3.05) is 0 Å². The Morgan fingerprint density at radius 2 is 1.23 bits per heavy atom. The molecular formula is C14H12BN6NaO4. The van der Waals surface area contributed by atoms with Crippen molar-refractivity contribution in [2.24, 2.45) is 5.11 Å². The summed E-state index contributed by atoms with van der Waals surface area (Å²) in [7, 11) is -1.46. The average Bonchev–Trinajstić information content (AvgIpc) is 2.64. The van der Waals surface area contributed by atoms with Crippen LogP contribution in [0.15, 0.2) is 53.6 Å². The first kappa shape index (κ1) is 25.6. The van der Waals surface area contributed by atoms with Gasteiger partial charge in [-0.3, -0.25) is 14.5 Å². The van der Waals surface area contributed by atoms with E-state index >= 15 is 0 Å². The number of nitrogens with zero attached hydrogens (tertiary/aromatic N) is 6. The first-order valence-corrected chi connectivity index (χ1v) is 6.52. The van der Waals surface area contributed by atoms with Crippen LogP contribution in [0.2, 0.25) is 0 Å². The maximum Gasteiger partial charge on any atom is 1.00 e. The molecule has 0 saturated carbocycles. The van der Waals surface area contributed by atoms with E-state index in [0.29, 0.717) is 28.6 Å². The van der Waals surface area contributed by atoms with Crippen molar-refractivity contribution in [3.8, 4) is 0 Å². The molecule has 0 bridgehead atoms. The van der Waals surface area contributed by atoms with Crippen LogP contribution >= 0.6 is 0 Å². The number of benzene rings is 2. The van der Waals surface area contributed by atoms with E-state index in [0.717, 1.165) is 6.29 Å². The van der Waals surface area contributed by atoms with Gasteiger partial charge < -0.3 is 21.1 Å². The molecule has 2 aromatic carbocycles. The van der Waals surface area contributed by atoms with Crippen LogP contribution in [-0.4, -0.2) is 29.7 Å². The second-order valence-electron chi connectivity index (χ2n) is 4.15. The van der Waals surface area contributed by atoms with Gasteiger partial charge in [-0.25, -0.2) is 0 Å². The van der Waals surface area contributed by atoms with Crippen molar-refractivity contribution in [1.82, 2.24) is 0 Å². The second-order valence-corrected chi connectivity index (χ2v) is 4.15. The summed E-state index contributed by atoms with van der Waals surface area (Å²) < 4.78 is 0. The van der Waals surface area contributed by atoms with E-state index in [1.165, 1.54) is 29.2 Å². The smallest absolute Gasteiger partial charge is 0.423 e. The first-order chi connectivity index (χ1) is 12.0. The summed E-state index contributed by atoms with van der Waals surface area (Å²) in [6.07, 6.45) is 1.44. The predicted octanol–water partition coefficient (Wildman–Crippen LogP) is -0.510. The van der Waals surface area contributed by atoms with E-state index in [1.54, 1.807) is 24.3 Å². The summed E-state index contributed by atoms with van der Waals surface area (Å²) in [4.78, 5) is 24.4. The summed E-state index contributed by atoms with van der Waals surface area (Å²) >= 11 is 0. The number of azide groups is 1. The van der Waals surface area contributed by atoms with Crippen molar-refractivity contribution in [3.05, 3.63) is 86.1 Å². The summed E-state index contributed by atoms with van der Waals surface area (Å²) in [6.45, 7) is 0. The summed E-state index contributed by atoms with van der Waals surface area (Å²) in [5, 5.41) is 20.7. The molecule has 0 spiro atoms. The van der Waals surface area contributed by atoms with Crippen LogP contribution in [0.25, 0.3) is 26.4 Å². The normalized spacial score (nSPS) is 7.77. The number of carbonyl (C=O) groups is 2. The minimum atomic E-state index is -1.46. The van der Waals surface area contributed by atoms with Crippen LogP contribution in [0.3, 0.4) is 0 Å². The summed E-state index contributed by atoms with van der Waals surface area (Å²) in [6, 6.07) is 12.4. The molecule has 126 valence electrons. The Balaban J connectivity index is 0. The molecule has 0 atom stereocenters. The first-order valence-electron chi connectivity index (χ1n) is 6.52. The Labute approximate surface area is 171 Å². The van der Waals surface area contributed by atoms with E-state index in [2.05, 4.69) is 10.0 Å². The summed E-state index contributed by atoms with van der Waals surface area (Å²) in [5.74, 6) is 0. The molecule has 0 fully saturated rings. The molecule has 0 amide bonds. The van der Waals surface area contributed by atoms with Gasteiger partial charge in [0.05, 0.1) is 0 Å². The molecule has 0 aliphatic carbocycles. The van der Waals surface area contributed by atoms with E-state index in [4.69, 9.17) is 26.6 Å². The van der Waals surface area contributed by atoms with E-state index in [-0.39, 0.29) is 29.6 Å². The Kier molecular flexibility index (Phi) is 15.7. The number of hydrogen-bond acceptors (Lipinski definition) is 5. The van der Waals surface area contributed by atoms with E-state index in [1.807, 2.05) is 0 Å². The Bertz CT molecular complexity index is 758. The van der Waals surface area contributed by atoms with Crippen LogP contribution in [0, 0.1) is 0 Å². The van der Waals surface area contributed by atoms with Crippen molar-refractivity contribution in [2.45, 2.75) is 0 Å². The topological polar surface area (TPSA) is 182 Å². The Morgan fingerprint density at radius 1 is 0.846 bits per heavy atom. The van der Waals surface area contributed by atoms with Crippen molar-refractivity contribution < 1.29 is 49.2 Å². The fourth-order valence-corrected chi connectivity index (χ4v) is 1.42. The van der Waals surface area contributed by atoms with Gasteiger partial charge in [0.1, 0.15) is 12.6 Å². The molecule has 12 heteroatoms. The van der Waals surface area contributed by atoms with E-state index in [9.17, 15) is 9.59 Å².